The van der Waals surface area contributed by atoms with Crippen LogP contribution in [0.5, 0.6) is 5.75 Å². The molecule has 2 aromatic carbocycles. The topological polar surface area (TPSA) is 46.6 Å². The molecule has 1 aliphatic heterocycles. The second kappa shape index (κ2) is 5.89. The van der Waals surface area contributed by atoms with E-state index in [1.807, 2.05) is 24.3 Å². The van der Waals surface area contributed by atoms with Gasteiger partial charge >= 0.3 is 0 Å². The molecular weight excluding hydrogens is 298 g/mol. The summed E-state index contributed by atoms with van der Waals surface area (Å²) in [7, 11) is -1.87. The summed E-state index contributed by atoms with van der Waals surface area (Å²) in [5, 5.41) is 1.55. The maximum Gasteiger partial charge on any atom is 0.243 e. The number of methoxy groups -OCH3 is 1. The minimum Gasteiger partial charge on any atom is -0.496 e. The van der Waals surface area contributed by atoms with Crippen molar-refractivity contribution in [3.05, 3.63) is 36.4 Å². The largest absolute Gasteiger partial charge is 0.496 e. The molecule has 22 heavy (non-hydrogen) atoms. The average Bonchev–Trinajstić information content (AvgIpc) is 2.53. The van der Waals surface area contributed by atoms with E-state index >= 15 is 0 Å². The van der Waals surface area contributed by atoms with Crippen LogP contribution in [-0.4, -0.2) is 32.9 Å². The molecule has 3 rings (SSSR count). The molecule has 0 bridgehead atoms. The maximum absolute atomic E-state index is 13.0. The van der Waals surface area contributed by atoms with Crippen LogP contribution in [0.4, 0.5) is 0 Å². The number of nitrogens with zero attached hydrogens (tertiary/aromatic N) is 1. The molecular formula is C17H21NO3S. The normalized spacial score (nSPS) is 20.2. The van der Waals surface area contributed by atoms with E-state index in [2.05, 4.69) is 6.92 Å². The highest BCUT2D eigenvalue weighted by Gasteiger charge is 2.30. The lowest BCUT2D eigenvalue weighted by Gasteiger charge is -2.30. The van der Waals surface area contributed by atoms with E-state index in [1.54, 1.807) is 23.5 Å². The molecule has 1 heterocycles. The Morgan fingerprint density at radius 3 is 2.55 bits per heavy atom. The van der Waals surface area contributed by atoms with Gasteiger partial charge in [-0.3, -0.25) is 0 Å². The van der Waals surface area contributed by atoms with E-state index in [9.17, 15) is 8.42 Å². The lowest BCUT2D eigenvalue weighted by atomic mass is 10.0. The molecule has 2 aromatic rings. The molecule has 0 spiro atoms. The van der Waals surface area contributed by atoms with Crippen molar-refractivity contribution in [1.82, 2.24) is 4.31 Å². The Morgan fingerprint density at radius 1 is 1.14 bits per heavy atom. The number of piperidine rings is 1. The predicted octanol–water partition coefficient (Wildman–Crippen LogP) is 3.27. The SMILES string of the molecule is COc1ccc(S(=O)(=O)N2CCC[C@H](C)C2)c2ccccc12. The van der Waals surface area contributed by atoms with E-state index in [4.69, 9.17) is 4.74 Å². The summed E-state index contributed by atoms with van der Waals surface area (Å²) in [5.41, 5.74) is 0. The highest BCUT2D eigenvalue weighted by Crippen LogP contribution is 2.33. The van der Waals surface area contributed by atoms with Gasteiger partial charge in [0.2, 0.25) is 10.0 Å². The monoisotopic (exact) mass is 319 g/mol. The van der Waals surface area contributed by atoms with Crippen molar-refractivity contribution in [2.24, 2.45) is 5.92 Å². The number of hydrogen-bond acceptors (Lipinski definition) is 3. The lowest BCUT2D eigenvalue weighted by molar-refractivity contribution is 0.281. The quantitative estimate of drug-likeness (QED) is 0.872. The van der Waals surface area contributed by atoms with Gasteiger partial charge in [0.25, 0.3) is 0 Å². The van der Waals surface area contributed by atoms with Gasteiger partial charge in [-0.15, -0.1) is 0 Å². The lowest BCUT2D eigenvalue weighted by Crippen LogP contribution is -2.39. The summed E-state index contributed by atoms with van der Waals surface area (Å²) in [5.74, 6) is 1.11. The Bertz CT molecular complexity index is 786. The molecule has 0 N–H and O–H groups in total. The summed E-state index contributed by atoms with van der Waals surface area (Å²) < 4.78 is 33.0. The second-order valence-corrected chi connectivity index (χ2v) is 7.83. The molecule has 0 amide bonds. The van der Waals surface area contributed by atoms with E-state index in [1.165, 1.54) is 0 Å². The Balaban J connectivity index is 2.13. The minimum absolute atomic E-state index is 0.373. The molecule has 1 atom stereocenters. The van der Waals surface area contributed by atoms with E-state index in [0.717, 1.165) is 23.6 Å². The zero-order valence-electron chi connectivity index (χ0n) is 13.0. The summed E-state index contributed by atoms with van der Waals surface area (Å²) in [6, 6.07) is 10.9. The Labute approximate surface area is 131 Å². The van der Waals surface area contributed by atoms with Gasteiger partial charge in [-0.1, -0.05) is 31.2 Å². The Kier molecular flexibility index (Phi) is 4.10. The van der Waals surface area contributed by atoms with Gasteiger partial charge < -0.3 is 4.74 Å². The third-order valence-electron chi connectivity index (χ3n) is 4.30. The van der Waals surface area contributed by atoms with Crippen LogP contribution in [0.3, 0.4) is 0 Å². The van der Waals surface area contributed by atoms with Crippen molar-refractivity contribution >= 4 is 20.8 Å². The third-order valence-corrected chi connectivity index (χ3v) is 6.22. The Hall–Kier alpha value is -1.59. The van der Waals surface area contributed by atoms with Crippen molar-refractivity contribution in [2.75, 3.05) is 20.2 Å². The molecule has 5 heteroatoms. The fourth-order valence-corrected chi connectivity index (χ4v) is 4.94. The van der Waals surface area contributed by atoms with Crippen LogP contribution in [0.2, 0.25) is 0 Å². The summed E-state index contributed by atoms with van der Waals surface area (Å²) in [6.07, 6.45) is 2.02. The van der Waals surface area contributed by atoms with Crippen molar-refractivity contribution in [3.8, 4) is 5.75 Å². The van der Waals surface area contributed by atoms with Crippen LogP contribution in [0.25, 0.3) is 10.8 Å². The first kappa shape index (κ1) is 15.3. The molecule has 1 aliphatic rings. The molecule has 1 saturated heterocycles. The number of ether oxygens (including phenoxy) is 1. The molecule has 118 valence electrons. The molecule has 0 radical (unpaired) electrons. The smallest absolute Gasteiger partial charge is 0.243 e. The second-order valence-electron chi connectivity index (χ2n) is 5.92. The van der Waals surface area contributed by atoms with Gasteiger partial charge in [-0.2, -0.15) is 4.31 Å². The van der Waals surface area contributed by atoms with Gasteiger partial charge in [0, 0.05) is 23.9 Å². The zero-order valence-corrected chi connectivity index (χ0v) is 13.8. The molecule has 0 aromatic heterocycles. The number of benzene rings is 2. The average molecular weight is 319 g/mol. The zero-order chi connectivity index (χ0) is 15.7. The van der Waals surface area contributed by atoms with Crippen LogP contribution in [0.1, 0.15) is 19.8 Å². The van der Waals surface area contributed by atoms with Crippen LogP contribution < -0.4 is 4.74 Å². The van der Waals surface area contributed by atoms with Crippen LogP contribution >= 0.6 is 0 Å². The van der Waals surface area contributed by atoms with Gasteiger partial charge in [0.15, 0.2) is 0 Å². The fourth-order valence-electron chi connectivity index (χ4n) is 3.15. The van der Waals surface area contributed by atoms with Gasteiger partial charge in [-0.25, -0.2) is 8.42 Å². The highest BCUT2D eigenvalue weighted by atomic mass is 32.2. The maximum atomic E-state index is 13.0. The standard InChI is InChI=1S/C17H21NO3S/c1-13-6-5-11-18(12-13)22(19,20)17-10-9-16(21-2)14-7-3-4-8-15(14)17/h3-4,7-10,13H,5-6,11-12H2,1-2H3/t13-/m0/s1. The molecule has 0 unspecified atom stereocenters. The van der Waals surface area contributed by atoms with Crippen LogP contribution in [0.15, 0.2) is 41.3 Å². The number of fused-ring (bicyclic) bond motifs is 1. The van der Waals surface area contributed by atoms with Gasteiger partial charge in [0.1, 0.15) is 5.75 Å². The highest BCUT2D eigenvalue weighted by molar-refractivity contribution is 7.89. The first-order valence-electron chi connectivity index (χ1n) is 7.60. The number of hydrogen-bond donors (Lipinski definition) is 0. The predicted molar refractivity (Wildman–Crippen MR) is 87.7 cm³/mol. The van der Waals surface area contributed by atoms with Gasteiger partial charge in [0.05, 0.1) is 12.0 Å². The molecule has 4 nitrogen and oxygen atoms in total. The number of rotatable bonds is 3. The first-order chi connectivity index (χ1) is 10.5. The van der Waals surface area contributed by atoms with Crippen molar-refractivity contribution < 1.29 is 13.2 Å². The fraction of sp³-hybridized carbons (Fsp3) is 0.412. The minimum atomic E-state index is -3.47. The van der Waals surface area contributed by atoms with Crippen molar-refractivity contribution in [3.63, 3.8) is 0 Å². The molecule has 1 fully saturated rings. The summed E-state index contributed by atoms with van der Waals surface area (Å²) in [6.45, 7) is 3.31. The molecule has 0 aliphatic carbocycles. The summed E-state index contributed by atoms with van der Waals surface area (Å²) in [4.78, 5) is 0.373. The van der Waals surface area contributed by atoms with E-state index in [0.29, 0.717) is 29.7 Å². The summed E-state index contributed by atoms with van der Waals surface area (Å²) >= 11 is 0. The first-order valence-corrected chi connectivity index (χ1v) is 9.04. The number of sulfonamides is 1. The van der Waals surface area contributed by atoms with E-state index in [-0.39, 0.29) is 0 Å². The third kappa shape index (κ3) is 2.59. The van der Waals surface area contributed by atoms with E-state index < -0.39 is 10.0 Å². The van der Waals surface area contributed by atoms with Crippen LogP contribution in [-0.2, 0) is 10.0 Å². The van der Waals surface area contributed by atoms with Crippen molar-refractivity contribution in [2.45, 2.75) is 24.7 Å². The molecule has 0 saturated carbocycles. The van der Waals surface area contributed by atoms with Gasteiger partial charge in [-0.05, 0) is 30.9 Å². The van der Waals surface area contributed by atoms with Crippen molar-refractivity contribution in [1.29, 1.82) is 0 Å². The van der Waals surface area contributed by atoms with Crippen LogP contribution in [0, 0.1) is 5.92 Å². The Morgan fingerprint density at radius 2 is 1.86 bits per heavy atom.